The van der Waals surface area contributed by atoms with Crippen LogP contribution in [0.1, 0.15) is 30.0 Å². The molecule has 3 rings (SSSR count). The van der Waals surface area contributed by atoms with Crippen LogP contribution < -0.4 is 10.6 Å². The molecule has 1 aliphatic rings. The number of urea groups is 1. The van der Waals surface area contributed by atoms with Gasteiger partial charge in [0.15, 0.2) is 0 Å². The number of para-hydroxylation sites is 1. The lowest BCUT2D eigenvalue weighted by molar-refractivity contribution is -0.121. The second-order valence-corrected chi connectivity index (χ2v) is 6.50. The maximum absolute atomic E-state index is 13.5. The number of hydrogen-bond acceptors (Lipinski definition) is 3. The summed E-state index contributed by atoms with van der Waals surface area (Å²) in [5.74, 6) is -0.976. The molecule has 0 heterocycles. The molecule has 0 spiro atoms. The maximum Gasteiger partial charge on any atom is 0.326 e. The Labute approximate surface area is 152 Å². The number of nitrogens with zero attached hydrogens (tertiary/aromatic N) is 1. The van der Waals surface area contributed by atoms with E-state index in [4.69, 9.17) is 0 Å². The fraction of sp³-hybridized carbons (Fsp3) is 0.300. The first-order valence-corrected chi connectivity index (χ1v) is 8.68. The number of carbonyl (C=O) groups is 2. The molecule has 0 saturated heterocycles. The summed E-state index contributed by atoms with van der Waals surface area (Å²) in [5.41, 5.74) is 2.59. The van der Waals surface area contributed by atoms with Crippen molar-refractivity contribution in [2.45, 2.75) is 25.3 Å². The quantitative estimate of drug-likeness (QED) is 0.883. The van der Waals surface area contributed by atoms with Gasteiger partial charge in [-0.05, 0) is 49.6 Å². The predicted octanol–water partition coefficient (Wildman–Crippen LogP) is 3.48. The summed E-state index contributed by atoms with van der Waals surface area (Å²) in [6, 6.07) is 13.5. The van der Waals surface area contributed by atoms with Crippen LogP contribution in [0.15, 0.2) is 48.5 Å². The van der Waals surface area contributed by atoms with Gasteiger partial charge in [0, 0.05) is 6.04 Å². The highest BCUT2D eigenvalue weighted by Gasteiger charge is 2.25. The summed E-state index contributed by atoms with van der Waals surface area (Å²) < 4.78 is 13.5. The predicted molar refractivity (Wildman–Crippen MR) is 98.3 cm³/mol. The molecule has 2 aromatic carbocycles. The molecule has 0 bridgehead atoms. The third-order valence-electron chi connectivity index (χ3n) is 4.64. The third-order valence-corrected chi connectivity index (χ3v) is 4.64. The lowest BCUT2D eigenvalue weighted by Gasteiger charge is -2.32. The number of carbonyl (C=O) groups excluding carboxylic acids is 2. The smallest absolute Gasteiger partial charge is 0.305 e. The van der Waals surface area contributed by atoms with Crippen molar-refractivity contribution in [2.75, 3.05) is 18.9 Å². The summed E-state index contributed by atoms with van der Waals surface area (Å²) in [6.07, 6.45) is 3.10. The minimum absolute atomic E-state index is 0.0346. The minimum atomic E-state index is -0.738. The van der Waals surface area contributed by atoms with Crippen molar-refractivity contribution in [1.82, 2.24) is 10.2 Å². The van der Waals surface area contributed by atoms with Crippen molar-refractivity contribution >= 4 is 17.6 Å². The Hall–Kier alpha value is -2.73. The Bertz CT molecular complexity index is 809. The van der Waals surface area contributed by atoms with Crippen molar-refractivity contribution in [2.24, 2.45) is 0 Å². The summed E-state index contributed by atoms with van der Waals surface area (Å²) in [6.45, 7) is 0.0870. The Kier molecular flexibility index (Phi) is 5.63. The Morgan fingerprint density at radius 2 is 1.88 bits per heavy atom. The zero-order valence-corrected chi connectivity index (χ0v) is 14.7. The topological polar surface area (TPSA) is 61.4 Å². The molecule has 2 N–H and O–H groups in total. The van der Waals surface area contributed by atoms with Gasteiger partial charge in [0.25, 0.3) is 0 Å². The van der Waals surface area contributed by atoms with Gasteiger partial charge in [0.1, 0.15) is 5.82 Å². The normalized spacial score (nSPS) is 16.0. The van der Waals surface area contributed by atoms with Gasteiger partial charge in [-0.1, -0.05) is 36.4 Å². The lowest BCUT2D eigenvalue weighted by atomic mass is 9.87. The number of halogens is 1. The molecule has 0 saturated carbocycles. The zero-order valence-electron chi connectivity index (χ0n) is 14.7. The molecule has 1 aliphatic carbocycles. The van der Waals surface area contributed by atoms with Gasteiger partial charge in [0.2, 0.25) is 5.91 Å². The van der Waals surface area contributed by atoms with Gasteiger partial charge in [-0.3, -0.25) is 15.0 Å². The monoisotopic (exact) mass is 355 g/mol. The maximum atomic E-state index is 13.5. The number of fused-ring (bicyclic) bond motifs is 1. The number of imide groups is 1. The van der Waals surface area contributed by atoms with E-state index in [2.05, 4.69) is 22.8 Å². The van der Waals surface area contributed by atoms with E-state index in [1.165, 1.54) is 29.3 Å². The van der Waals surface area contributed by atoms with Gasteiger partial charge in [-0.25, -0.2) is 9.18 Å². The van der Waals surface area contributed by atoms with Crippen LogP contribution in [0, 0.1) is 5.82 Å². The first kappa shape index (κ1) is 18.1. The van der Waals surface area contributed by atoms with E-state index >= 15 is 0 Å². The average Bonchev–Trinajstić information content (AvgIpc) is 2.63. The summed E-state index contributed by atoms with van der Waals surface area (Å²) in [5, 5.41) is 4.60. The van der Waals surface area contributed by atoms with Crippen molar-refractivity contribution in [3.63, 3.8) is 0 Å². The van der Waals surface area contributed by atoms with Gasteiger partial charge < -0.3 is 5.32 Å². The lowest BCUT2D eigenvalue weighted by Crippen LogP contribution is -2.42. The van der Waals surface area contributed by atoms with Crippen molar-refractivity contribution in [3.05, 3.63) is 65.5 Å². The number of benzene rings is 2. The fourth-order valence-corrected chi connectivity index (χ4v) is 3.41. The van der Waals surface area contributed by atoms with Crippen LogP contribution in [-0.4, -0.2) is 30.4 Å². The van der Waals surface area contributed by atoms with Crippen LogP contribution in [0.4, 0.5) is 14.9 Å². The molecule has 6 heteroatoms. The van der Waals surface area contributed by atoms with Crippen molar-refractivity contribution in [3.8, 4) is 0 Å². The van der Waals surface area contributed by atoms with Crippen LogP contribution in [0.2, 0.25) is 0 Å². The molecule has 1 atom stereocenters. The molecule has 0 aliphatic heterocycles. The first-order chi connectivity index (χ1) is 12.5. The van der Waals surface area contributed by atoms with Crippen LogP contribution in [0.25, 0.3) is 0 Å². The van der Waals surface area contributed by atoms with E-state index in [-0.39, 0.29) is 18.3 Å². The molecule has 0 fully saturated rings. The Morgan fingerprint density at radius 1 is 1.15 bits per heavy atom. The third kappa shape index (κ3) is 4.26. The van der Waals surface area contributed by atoms with Crippen LogP contribution >= 0.6 is 0 Å². The van der Waals surface area contributed by atoms with Crippen LogP contribution in [-0.2, 0) is 11.2 Å². The van der Waals surface area contributed by atoms with E-state index in [1.807, 2.05) is 24.1 Å². The number of hydrogen-bond donors (Lipinski definition) is 2. The summed E-state index contributed by atoms with van der Waals surface area (Å²) >= 11 is 0. The van der Waals surface area contributed by atoms with E-state index < -0.39 is 17.8 Å². The number of aryl methyl sites for hydroxylation is 1. The van der Waals surface area contributed by atoms with Gasteiger partial charge in [-0.15, -0.1) is 0 Å². The van der Waals surface area contributed by atoms with Crippen molar-refractivity contribution < 1.29 is 14.0 Å². The van der Waals surface area contributed by atoms with Gasteiger partial charge in [-0.2, -0.15) is 0 Å². The van der Waals surface area contributed by atoms with Gasteiger partial charge in [0.05, 0.1) is 12.2 Å². The van der Waals surface area contributed by atoms with E-state index in [9.17, 15) is 14.0 Å². The van der Waals surface area contributed by atoms with E-state index in [1.54, 1.807) is 6.07 Å². The molecule has 0 radical (unpaired) electrons. The second kappa shape index (κ2) is 8.10. The first-order valence-electron chi connectivity index (χ1n) is 8.68. The number of nitrogens with one attached hydrogen (secondary N) is 2. The molecular weight excluding hydrogens is 333 g/mol. The van der Waals surface area contributed by atoms with Crippen molar-refractivity contribution in [1.29, 1.82) is 0 Å². The highest BCUT2D eigenvalue weighted by Crippen LogP contribution is 2.33. The Morgan fingerprint density at radius 3 is 2.69 bits per heavy atom. The number of rotatable bonds is 4. The molecule has 26 heavy (non-hydrogen) atoms. The molecule has 3 amide bonds. The molecule has 2 aromatic rings. The summed E-state index contributed by atoms with van der Waals surface area (Å²) in [7, 11) is 1.88. The fourth-order valence-electron chi connectivity index (χ4n) is 3.41. The van der Waals surface area contributed by atoms with Gasteiger partial charge >= 0.3 is 6.03 Å². The minimum Gasteiger partial charge on any atom is -0.305 e. The van der Waals surface area contributed by atoms with E-state index in [0.29, 0.717) is 0 Å². The summed E-state index contributed by atoms with van der Waals surface area (Å²) in [4.78, 5) is 26.0. The molecule has 136 valence electrons. The Balaban J connectivity index is 1.57. The van der Waals surface area contributed by atoms with E-state index in [0.717, 1.165) is 19.3 Å². The average molecular weight is 355 g/mol. The van der Waals surface area contributed by atoms with Crippen LogP contribution in [0.5, 0.6) is 0 Å². The highest BCUT2D eigenvalue weighted by molar-refractivity contribution is 6.01. The number of anilines is 1. The molecule has 0 aromatic heterocycles. The highest BCUT2D eigenvalue weighted by atomic mass is 19.1. The molecular formula is C20H22FN3O2. The largest absolute Gasteiger partial charge is 0.326 e. The standard InChI is InChI=1S/C20H22FN3O2/c1-24(18-12-6-8-14-7-2-3-9-15(14)18)13-19(25)23-20(26)22-17-11-5-4-10-16(17)21/h2-5,7,9-11,18H,6,8,12-13H2,1H3,(H2,22,23,25,26)/t18-/m1/s1. The van der Waals surface area contributed by atoms with Crippen LogP contribution in [0.3, 0.4) is 0 Å². The molecule has 0 unspecified atom stereocenters. The number of likely N-dealkylation sites (N-methyl/N-ethyl adjacent to an activating group) is 1. The SMILES string of the molecule is CN(CC(=O)NC(=O)Nc1ccccc1F)[C@@H]1CCCc2ccccc21. The molecule has 5 nitrogen and oxygen atoms in total. The second-order valence-electron chi connectivity index (χ2n) is 6.50. The zero-order chi connectivity index (χ0) is 18.5. The number of amides is 3.